The monoisotopic (exact) mass is 588 g/mol. The molecule has 8 nitrogen and oxygen atoms in total. The van der Waals surface area contributed by atoms with Crippen molar-refractivity contribution in [3.63, 3.8) is 0 Å². The molecule has 4 heterocycles. The first-order valence-electron chi connectivity index (χ1n) is 14.1. The van der Waals surface area contributed by atoms with Gasteiger partial charge in [-0.15, -0.1) is 11.6 Å². The number of hydroxylamine groups is 2. The number of aromatic amines is 2. The molecule has 9 heteroatoms. The molecule has 2 aliphatic heterocycles. The van der Waals surface area contributed by atoms with Crippen molar-refractivity contribution in [1.29, 1.82) is 0 Å². The predicted molar refractivity (Wildman–Crippen MR) is 166 cm³/mol. The van der Waals surface area contributed by atoms with Crippen molar-refractivity contribution in [2.24, 2.45) is 0 Å². The second kappa shape index (κ2) is 9.47. The summed E-state index contributed by atoms with van der Waals surface area (Å²) in [6, 6.07) is 24.7. The molecule has 8 rings (SSSR count). The molecule has 0 radical (unpaired) electrons. The number of nitrogens with one attached hydrogen (secondary N) is 2. The topological polar surface area (TPSA) is 98.5 Å². The molecule has 0 unspecified atom stereocenters. The molecule has 212 valence electrons. The molecule has 6 aromatic rings. The molecule has 0 bridgehead atoms. The average Bonchev–Trinajstić information content (AvgIpc) is 3.74. The Morgan fingerprint density at radius 1 is 0.930 bits per heavy atom. The number of hydrogen-bond acceptors (Lipinski definition) is 4. The van der Waals surface area contributed by atoms with Crippen molar-refractivity contribution in [3.8, 4) is 5.75 Å². The zero-order chi connectivity index (χ0) is 29.4. The number of carbonyl (C=O) groups excluding carboxylic acids is 3. The number of rotatable bonds is 5. The minimum atomic E-state index is -0.216. The zero-order valence-corrected chi connectivity index (χ0v) is 23.9. The highest BCUT2D eigenvalue weighted by Gasteiger charge is 2.38. The lowest BCUT2D eigenvalue weighted by Gasteiger charge is -2.27. The summed E-state index contributed by atoms with van der Waals surface area (Å²) in [6.45, 7) is 0.407. The van der Waals surface area contributed by atoms with Gasteiger partial charge in [-0.3, -0.25) is 14.4 Å². The van der Waals surface area contributed by atoms with Crippen LogP contribution in [0.2, 0.25) is 0 Å². The number of alkyl halides is 1. The standard InChI is InChI=1S/C34H25ClN4O4/c1-38-33(41)23-7-4-6-22-31-21(16-35)17-39(28(31)15-30(43-38)32(22)23)34(42)27-14-20-11-18(9-10-25(20)37-27)12-29(40)26-13-19-5-2-3-8-24(19)36-26/h2-11,13-15,21,36-37H,12,16-17H2,1H3/t21-/m1/s1. The van der Waals surface area contributed by atoms with Gasteiger partial charge in [0.1, 0.15) is 5.69 Å². The minimum absolute atomic E-state index is 0.00270. The Morgan fingerprint density at radius 2 is 1.72 bits per heavy atom. The molecule has 43 heavy (non-hydrogen) atoms. The van der Waals surface area contributed by atoms with Crippen LogP contribution in [0.25, 0.3) is 32.6 Å². The second-order valence-corrected chi connectivity index (χ2v) is 11.5. The van der Waals surface area contributed by atoms with E-state index >= 15 is 0 Å². The number of aromatic nitrogens is 2. The molecule has 0 saturated carbocycles. The van der Waals surface area contributed by atoms with Gasteiger partial charge >= 0.3 is 0 Å². The lowest BCUT2D eigenvalue weighted by molar-refractivity contribution is -0.0156. The molecule has 0 fully saturated rings. The lowest BCUT2D eigenvalue weighted by Crippen LogP contribution is -2.33. The van der Waals surface area contributed by atoms with Crippen LogP contribution in [-0.4, -0.2) is 52.1 Å². The highest BCUT2D eigenvalue weighted by atomic mass is 35.5. The maximum atomic E-state index is 14.0. The molecular formula is C34H25ClN4O4. The van der Waals surface area contributed by atoms with Gasteiger partial charge in [0.25, 0.3) is 11.8 Å². The molecule has 2 amide bonds. The Morgan fingerprint density at radius 3 is 2.56 bits per heavy atom. The van der Waals surface area contributed by atoms with Gasteiger partial charge in [-0.25, -0.2) is 0 Å². The summed E-state index contributed by atoms with van der Waals surface area (Å²) in [6.07, 6.45) is 0.239. The molecule has 2 N–H and O–H groups in total. The van der Waals surface area contributed by atoms with E-state index in [0.29, 0.717) is 35.1 Å². The largest absolute Gasteiger partial charge is 0.376 e. The van der Waals surface area contributed by atoms with Crippen molar-refractivity contribution in [2.45, 2.75) is 12.3 Å². The first kappa shape index (κ1) is 25.6. The van der Waals surface area contributed by atoms with Crippen molar-refractivity contribution < 1.29 is 19.2 Å². The van der Waals surface area contributed by atoms with E-state index in [0.717, 1.165) is 49.4 Å². The van der Waals surface area contributed by atoms with Crippen LogP contribution < -0.4 is 9.74 Å². The summed E-state index contributed by atoms with van der Waals surface area (Å²) in [5.74, 6) is 0.337. The van der Waals surface area contributed by atoms with Gasteiger partial charge in [0, 0.05) is 65.1 Å². The number of Topliss-reactive ketones (excluding diaryl/α,β-unsaturated/α-hetero) is 1. The van der Waals surface area contributed by atoms with E-state index in [-0.39, 0.29) is 29.9 Å². The van der Waals surface area contributed by atoms with Gasteiger partial charge in [-0.05, 0) is 52.9 Å². The van der Waals surface area contributed by atoms with E-state index in [9.17, 15) is 14.4 Å². The highest BCUT2D eigenvalue weighted by Crippen LogP contribution is 2.48. The average molecular weight is 589 g/mol. The van der Waals surface area contributed by atoms with E-state index in [4.69, 9.17) is 16.4 Å². The normalized spacial score (nSPS) is 15.9. The maximum absolute atomic E-state index is 14.0. The third-order valence-electron chi connectivity index (χ3n) is 8.54. The van der Waals surface area contributed by atoms with Gasteiger partial charge in [0.05, 0.1) is 16.9 Å². The number of nitrogens with zero attached hydrogens (tertiary/aromatic N) is 2. The van der Waals surface area contributed by atoms with E-state index in [1.54, 1.807) is 18.0 Å². The fraction of sp³-hybridized carbons (Fsp3) is 0.147. The van der Waals surface area contributed by atoms with Crippen LogP contribution in [-0.2, 0) is 6.42 Å². The molecule has 0 saturated heterocycles. The van der Waals surface area contributed by atoms with Crippen molar-refractivity contribution in [2.75, 3.05) is 24.4 Å². The Labute approximate surface area is 250 Å². The van der Waals surface area contributed by atoms with Crippen molar-refractivity contribution >= 4 is 67.5 Å². The number of para-hydroxylation sites is 1. The second-order valence-electron chi connectivity index (χ2n) is 11.2. The fourth-order valence-electron chi connectivity index (χ4n) is 6.50. The summed E-state index contributed by atoms with van der Waals surface area (Å²) >= 11 is 6.44. The Bertz CT molecular complexity index is 2130. The number of H-pyrrole nitrogens is 2. The van der Waals surface area contributed by atoms with Gasteiger partial charge < -0.3 is 19.7 Å². The van der Waals surface area contributed by atoms with Crippen LogP contribution in [0, 0.1) is 0 Å². The third kappa shape index (κ3) is 3.94. The lowest BCUT2D eigenvalue weighted by atomic mass is 9.92. The number of hydrogen-bond donors (Lipinski definition) is 2. The first-order valence-corrected chi connectivity index (χ1v) is 14.6. The molecule has 2 aromatic heterocycles. The van der Waals surface area contributed by atoms with Gasteiger partial charge in [0.15, 0.2) is 11.5 Å². The summed E-state index contributed by atoms with van der Waals surface area (Å²) in [5, 5.41) is 4.67. The zero-order valence-electron chi connectivity index (χ0n) is 23.1. The Balaban J connectivity index is 1.12. The molecule has 0 spiro atoms. The fourth-order valence-corrected chi connectivity index (χ4v) is 6.75. The van der Waals surface area contributed by atoms with Gasteiger partial charge in [0.2, 0.25) is 0 Å². The molecular weight excluding hydrogens is 564 g/mol. The summed E-state index contributed by atoms with van der Waals surface area (Å²) in [5.41, 5.74) is 5.84. The number of benzene rings is 4. The Hall–Kier alpha value is -5.08. The van der Waals surface area contributed by atoms with E-state index in [1.165, 1.54) is 5.06 Å². The maximum Gasteiger partial charge on any atom is 0.286 e. The minimum Gasteiger partial charge on any atom is -0.376 e. The Kier molecular flexibility index (Phi) is 5.64. The van der Waals surface area contributed by atoms with E-state index < -0.39 is 0 Å². The third-order valence-corrected chi connectivity index (χ3v) is 8.91. The van der Waals surface area contributed by atoms with Crippen molar-refractivity contribution in [3.05, 3.63) is 107 Å². The van der Waals surface area contributed by atoms with Crippen LogP contribution in [0.5, 0.6) is 5.75 Å². The van der Waals surface area contributed by atoms with Crippen LogP contribution in [0.4, 0.5) is 5.69 Å². The summed E-state index contributed by atoms with van der Waals surface area (Å²) in [7, 11) is 1.58. The van der Waals surface area contributed by atoms with Gasteiger partial charge in [-0.2, -0.15) is 5.06 Å². The number of carbonyl (C=O) groups is 3. The number of halogens is 1. The van der Waals surface area contributed by atoms with Crippen LogP contribution in [0.1, 0.15) is 48.4 Å². The van der Waals surface area contributed by atoms with E-state index in [2.05, 4.69) is 9.97 Å². The highest BCUT2D eigenvalue weighted by molar-refractivity contribution is 6.20. The van der Waals surface area contributed by atoms with Crippen LogP contribution in [0.3, 0.4) is 0 Å². The number of ketones is 1. The number of amides is 2. The summed E-state index contributed by atoms with van der Waals surface area (Å²) < 4.78 is 0. The first-order chi connectivity index (χ1) is 20.9. The summed E-state index contributed by atoms with van der Waals surface area (Å²) in [4.78, 5) is 53.9. The number of anilines is 1. The van der Waals surface area contributed by atoms with Crippen LogP contribution >= 0.6 is 11.6 Å². The van der Waals surface area contributed by atoms with Crippen molar-refractivity contribution in [1.82, 2.24) is 15.0 Å². The quantitative estimate of drug-likeness (QED) is 0.175. The van der Waals surface area contributed by atoms with Gasteiger partial charge in [-0.1, -0.05) is 36.4 Å². The molecule has 0 aliphatic carbocycles. The molecule has 4 aromatic carbocycles. The molecule has 1 atom stereocenters. The SMILES string of the molecule is CN1Oc2cc3c(c4cccc(c24)C1=O)[C@H](CCl)CN3C(=O)c1cc2cc(CC(=O)c3cc4ccccc4[nH]3)ccc2[nH]1. The van der Waals surface area contributed by atoms with E-state index in [1.807, 2.05) is 72.8 Å². The smallest absolute Gasteiger partial charge is 0.286 e. The molecule has 2 aliphatic rings. The predicted octanol–water partition coefficient (Wildman–Crippen LogP) is 6.59. The van der Waals surface area contributed by atoms with Crippen LogP contribution in [0.15, 0.2) is 78.9 Å². The number of fused-ring (bicyclic) bond motifs is 4.